The fourth-order valence-electron chi connectivity index (χ4n) is 2.05. The Morgan fingerprint density at radius 2 is 1.50 bits per heavy atom. The fourth-order valence-corrected chi connectivity index (χ4v) is 2.34. The standard InChI is InChI=1S/C18H22N4O2S2/c1-3-24-16-10-6-14(7-11-16)20-18(26)22-21-17(25)19-12-13-4-8-15(23-2)9-5-13/h4-11H,3,12H2,1-2H3,(H2,19,21,25)(H2,20,22,26). The molecule has 26 heavy (non-hydrogen) atoms. The molecule has 0 saturated heterocycles. The molecule has 0 bridgehead atoms. The molecular weight excluding hydrogens is 368 g/mol. The van der Waals surface area contributed by atoms with Crippen molar-refractivity contribution in [2.45, 2.75) is 13.5 Å². The van der Waals surface area contributed by atoms with Gasteiger partial charge in [0, 0.05) is 12.2 Å². The Labute approximate surface area is 164 Å². The van der Waals surface area contributed by atoms with E-state index in [2.05, 4.69) is 21.5 Å². The lowest BCUT2D eigenvalue weighted by molar-refractivity contribution is 0.340. The van der Waals surface area contributed by atoms with Crippen LogP contribution >= 0.6 is 24.4 Å². The molecule has 138 valence electrons. The van der Waals surface area contributed by atoms with Gasteiger partial charge in [-0.25, -0.2) is 0 Å². The second-order valence-electron chi connectivity index (χ2n) is 5.19. The van der Waals surface area contributed by atoms with Crippen molar-refractivity contribution in [3.63, 3.8) is 0 Å². The molecular formula is C18H22N4O2S2. The lowest BCUT2D eigenvalue weighted by Gasteiger charge is -2.14. The molecule has 0 aliphatic carbocycles. The van der Waals surface area contributed by atoms with E-state index in [1.54, 1.807) is 7.11 Å². The van der Waals surface area contributed by atoms with E-state index < -0.39 is 0 Å². The third-order valence-electron chi connectivity index (χ3n) is 3.32. The Bertz CT molecular complexity index is 721. The predicted molar refractivity (Wildman–Crippen MR) is 113 cm³/mol. The first kappa shape index (κ1) is 19.7. The summed E-state index contributed by atoms with van der Waals surface area (Å²) in [6.07, 6.45) is 0. The third-order valence-corrected chi connectivity index (χ3v) is 3.78. The van der Waals surface area contributed by atoms with Crippen molar-refractivity contribution in [1.29, 1.82) is 0 Å². The van der Waals surface area contributed by atoms with Crippen LogP contribution in [0.5, 0.6) is 11.5 Å². The first-order valence-electron chi connectivity index (χ1n) is 8.07. The first-order chi connectivity index (χ1) is 12.6. The number of ether oxygens (including phenoxy) is 2. The van der Waals surface area contributed by atoms with Crippen LogP contribution in [0, 0.1) is 0 Å². The van der Waals surface area contributed by atoms with Crippen LogP contribution in [0.15, 0.2) is 48.5 Å². The third kappa shape index (κ3) is 6.73. The predicted octanol–water partition coefficient (Wildman–Crippen LogP) is 2.96. The van der Waals surface area contributed by atoms with Crippen molar-refractivity contribution >= 4 is 40.3 Å². The minimum atomic E-state index is 0.405. The summed E-state index contributed by atoms with van der Waals surface area (Å²) < 4.78 is 10.5. The van der Waals surface area contributed by atoms with E-state index in [0.29, 0.717) is 23.4 Å². The number of hydrazine groups is 1. The van der Waals surface area contributed by atoms with Gasteiger partial charge in [0.15, 0.2) is 10.2 Å². The van der Waals surface area contributed by atoms with Crippen molar-refractivity contribution < 1.29 is 9.47 Å². The number of nitrogens with one attached hydrogen (secondary N) is 4. The smallest absolute Gasteiger partial charge is 0.189 e. The molecule has 8 heteroatoms. The SMILES string of the molecule is CCOc1ccc(NC(=S)NNC(=S)NCc2ccc(OC)cc2)cc1. The van der Waals surface area contributed by atoms with Gasteiger partial charge in [-0.05, 0) is 73.3 Å². The van der Waals surface area contributed by atoms with Crippen molar-refractivity contribution in [3.8, 4) is 11.5 Å². The van der Waals surface area contributed by atoms with E-state index in [9.17, 15) is 0 Å². The van der Waals surface area contributed by atoms with Crippen molar-refractivity contribution in [2.24, 2.45) is 0 Å². The Kier molecular flexibility index (Phi) is 7.91. The highest BCUT2D eigenvalue weighted by molar-refractivity contribution is 7.80. The molecule has 0 aromatic heterocycles. The van der Waals surface area contributed by atoms with Crippen molar-refractivity contribution in [3.05, 3.63) is 54.1 Å². The number of thiocarbonyl (C=S) groups is 2. The summed E-state index contributed by atoms with van der Waals surface area (Å²) >= 11 is 10.4. The molecule has 2 aromatic carbocycles. The Hall–Kier alpha value is -2.58. The second-order valence-corrected chi connectivity index (χ2v) is 6.01. The van der Waals surface area contributed by atoms with Crippen LogP contribution in [0.25, 0.3) is 0 Å². The lowest BCUT2D eigenvalue weighted by atomic mass is 10.2. The molecule has 6 nitrogen and oxygen atoms in total. The van der Waals surface area contributed by atoms with Gasteiger partial charge in [0.05, 0.1) is 13.7 Å². The maximum atomic E-state index is 5.40. The Morgan fingerprint density at radius 1 is 0.885 bits per heavy atom. The van der Waals surface area contributed by atoms with Gasteiger partial charge < -0.3 is 20.1 Å². The van der Waals surface area contributed by atoms with Crippen LogP contribution < -0.4 is 31.0 Å². The van der Waals surface area contributed by atoms with Crippen LogP contribution in [0.2, 0.25) is 0 Å². The zero-order valence-electron chi connectivity index (χ0n) is 14.7. The maximum Gasteiger partial charge on any atom is 0.189 e. The monoisotopic (exact) mass is 390 g/mol. The molecule has 0 heterocycles. The van der Waals surface area contributed by atoms with Crippen LogP contribution in [0.3, 0.4) is 0 Å². The van der Waals surface area contributed by atoms with Gasteiger partial charge in [0.2, 0.25) is 0 Å². The van der Waals surface area contributed by atoms with Crippen molar-refractivity contribution in [2.75, 3.05) is 19.0 Å². The maximum absolute atomic E-state index is 5.40. The van der Waals surface area contributed by atoms with Gasteiger partial charge in [0.25, 0.3) is 0 Å². The van der Waals surface area contributed by atoms with Crippen LogP contribution in [-0.2, 0) is 6.54 Å². The zero-order valence-corrected chi connectivity index (χ0v) is 16.3. The van der Waals surface area contributed by atoms with E-state index in [1.165, 1.54) is 0 Å². The number of hydrogen-bond donors (Lipinski definition) is 4. The first-order valence-corrected chi connectivity index (χ1v) is 8.89. The highest BCUT2D eigenvalue weighted by Gasteiger charge is 2.01. The molecule has 0 amide bonds. The van der Waals surface area contributed by atoms with Crippen LogP contribution in [0.1, 0.15) is 12.5 Å². The fraction of sp³-hybridized carbons (Fsp3) is 0.222. The number of anilines is 1. The lowest BCUT2D eigenvalue weighted by Crippen LogP contribution is -2.47. The molecule has 0 unspecified atom stereocenters. The topological polar surface area (TPSA) is 66.6 Å². The summed E-state index contributed by atoms with van der Waals surface area (Å²) in [5.41, 5.74) is 7.62. The molecule has 2 aromatic rings. The average Bonchev–Trinajstić information content (AvgIpc) is 2.67. The molecule has 0 saturated carbocycles. The molecule has 0 fully saturated rings. The summed E-state index contributed by atoms with van der Waals surface area (Å²) in [6.45, 7) is 3.18. The van der Waals surface area contributed by atoms with E-state index in [-0.39, 0.29) is 0 Å². The summed E-state index contributed by atoms with van der Waals surface area (Å²) in [5.74, 6) is 1.64. The number of benzene rings is 2. The number of methoxy groups -OCH3 is 1. The Morgan fingerprint density at radius 3 is 2.12 bits per heavy atom. The van der Waals surface area contributed by atoms with E-state index >= 15 is 0 Å². The van der Waals surface area contributed by atoms with E-state index in [0.717, 1.165) is 22.7 Å². The minimum absolute atomic E-state index is 0.405. The molecule has 0 spiro atoms. The molecule has 0 radical (unpaired) electrons. The second kappa shape index (κ2) is 10.4. The highest BCUT2D eigenvalue weighted by Crippen LogP contribution is 2.15. The van der Waals surface area contributed by atoms with Crippen molar-refractivity contribution in [1.82, 2.24) is 16.2 Å². The van der Waals surface area contributed by atoms with Gasteiger partial charge in [0.1, 0.15) is 11.5 Å². The molecule has 0 aliphatic rings. The Balaban J connectivity index is 1.69. The molecule has 0 aliphatic heterocycles. The molecule has 4 N–H and O–H groups in total. The van der Waals surface area contributed by atoms with Crippen LogP contribution in [0.4, 0.5) is 5.69 Å². The van der Waals surface area contributed by atoms with Gasteiger partial charge in [-0.1, -0.05) is 12.1 Å². The number of rotatable bonds is 6. The quantitative estimate of drug-likeness (QED) is 0.444. The normalized spacial score (nSPS) is 9.77. The highest BCUT2D eigenvalue weighted by atomic mass is 32.1. The van der Waals surface area contributed by atoms with E-state index in [4.69, 9.17) is 33.9 Å². The largest absolute Gasteiger partial charge is 0.497 e. The molecule has 0 atom stereocenters. The van der Waals surface area contributed by atoms with Crippen LogP contribution in [-0.4, -0.2) is 23.9 Å². The van der Waals surface area contributed by atoms with Gasteiger partial charge >= 0.3 is 0 Å². The average molecular weight is 391 g/mol. The van der Waals surface area contributed by atoms with Gasteiger partial charge in [-0.3, -0.25) is 10.9 Å². The summed E-state index contributed by atoms with van der Waals surface area (Å²) in [7, 11) is 1.64. The summed E-state index contributed by atoms with van der Waals surface area (Å²) in [4.78, 5) is 0. The molecule has 2 rings (SSSR count). The zero-order chi connectivity index (χ0) is 18.8. The van der Waals surface area contributed by atoms with E-state index in [1.807, 2.05) is 55.5 Å². The summed E-state index contributed by atoms with van der Waals surface area (Å²) in [6, 6.07) is 15.3. The van der Waals surface area contributed by atoms with Gasteiger partial charge in [-0.15, -0.1) is 0 Å². The number of hydrogen-bond acceptors (Lipinski definition) is 4. The summed E-state index contributed by atoms with van der Waals surface area (Å²) in [5, 5.41) is 6.99. The van der Waals surface area contributed by atoms with Gasteiger partial charge in [-0.2, -0.15) is 0 Å². The minimum Gasteiger partial charge on any atom is -0.497 e.